The summed E-state index contributed by atoms with van der Waals surface area (Å²) in [6.07, 6.45) is 0. The molecule has 0 spiro atoms. The second-order valence-corrected chi connectivity index (χ2v) is 11.1. The third kappa shape index (κ3) is 5.18. The number of carbonyl (C=O) groups is 2. The van der Waals surface area contributed by atoms with Gasteiger partial charge >= 0.3 is 6.03 Å². The highest BCUT2D eigenvalue weighted by molar-refractivity contribution is 7.20. The fourth-order valence-electron chi connectivity index (χ4n) is 3.94. The molecule has 4 rings (SSSR count). The van der Waals surface area contributed by atoms with Gasteiger partial charge in [-0.1, -0.05) is 32.4 Å². The number of thiophene rings is 1. The number of piperazine rings is 1. The van der Waals surface area contributed by atoms with Gasteiger partial charge in [-0.25, -0.2) is 4.79 Å². The molecule has 1 N–H and O–H groups in total. The van der Waals surface area contributed by atoms with E-state index in [1.165, 1.54) is 16.0 Å². The molecule has 33 heavy (non-hydrogen) atoms. The highest BCUT2D eigenvalue weighted by atomic mass is 35.5. The van der Waals surface area contributed by atoms with E-state index >= 15 is 0 Å². The number of ether oxygens (including phenoxy) is 1. The minimum Gasteiger partial charge on any atom is -0.378 e. The fraction of sp³-hybridized carbons (Fsp3) is 0.591. The molecule has 1 atom stereocenters. The maximum Gasteiger partial charge on any atom is 0.320 e. The normalized spacial score (nSPS) is 19.6. The number of amides is 2. The first kappa shape index (κ1) is 24.0. The first-order valence-corrected chi connectivity index (χ1v) is 12.3. The Balaban J connectivity index is 1.61. The summed E-state index contributed by atoms with van der Waals surface area (Å²) in [4.78, 5) is 31.9. The Morgan fingerprint density at radius 2 is 1.94 bits per heavy atom. The van der Waals surface area contributed by atoms with Gasteiger partial charge in [0.2, 0.25) is 0 Å². The third-order valence-electron chi connectivity index (χ3n) is 5.86. The number of hydrogen-bond donors (Lipinski definition) is 1. The molecule has 0 radical (unpaired) electrons. The SMILES string of the molecule is CN(c1ccc(Cl)s1)c1cc(C2CN(C(=O)N3CCOCC3)CCN2)nn1C(=O)C(C)(C)C. The molecule has 2 aromatic rings. The molecule has 4 heterocycles. The Kier molecular flexibility index (Phi) is 6.99. The zero-order valence-electron chi connectivity index (χ0n) is 19.5. The standard InChI is InChI=1S/C22H31ClN6O3S/c1-22(2,3)20(30)29-18(26(4)19-6-5-17(23)33-19)13-15(25-29)16-14-28(8-7-24-16)21(31)27-9-11-32-12-10-27/h5-6,13,16,24H,7-12,14H2,1-4H3. The largest absolute Gasteiger partial charge is 0.378 e. The zero-order valence-corrected chi connectivity index (χ0v) is 21.1. The lowest BCUT2D eigenvalue weighted by atomic mass is 9.96. The molecule has 2 amide bonds. The molecule has 2 aromatic heterocycles. The molecular weight excluding hydrogens is 464 g/mol. The van der Waals surface area contributed by atoms with E-state index in [9.17, 15) is 9.59 Å². The molecule has 2 aliphatic rings. The van der Waals surface area contributed by atoms with Gasteiger partial charge in [0.05, 0.1) is 34.3 Å². The van der Waals surface area contributed by atoms with Crippen LogP contribution in [-0.4, -0.2) is 84.5 Å². The highest BCUT2D eigenvalue weighted by Crippen LogP contribution is 2.35. The highest BCUT2D eigenvalue weighted by Gasteiger charge is 2.33. The first-order valence-electron chi connectivity index (χ1n) is 11.1. The zero-order chi connectivity index (χ0) is 23.8. The molecule has 0 bridgehead atoms. The fourth-order valence-corrected chi connectivity index (χ4v) is 4.94. The number of halogens is 1. The van der Waals surface area contributed by atoms with E-state index in [1.807, 2.05) is 60.7 Å². The third-order valence-corrected chi connectivity index (χ3v) is 7.17. The lowest BCUT2D eigenvalue weighted by Gasteiger charge is -2.37. The van der Waals surface area contributed by atoms with Crippen molar-refractivity contribution in [1.29, 1.82) is 0 Å². The average Bonchev–Trinajstić information content (AvgIpc) is 3.44. The summed E-state index contributed by atoms with van der Waals surface area (Å²) in [5, 5.41) is 9.10. The summed E-state index contributed by atoms with van der Waals surface area (Å²) in [7, 11) is 1.90. The van der Waals surface area contributed by atoms with Gasteiger partial charge in [-0.15, -0.1) is 11.3 Å². The number of morpholine rings is 1. The number of aromatic nitrogens is 2. The first-order chi connectivity index (χ1) is 15.6. The number of urea groups is 1. The Bertz CT molecular complexity index is 1010. The molecule has 0 saturated carbocycles. The molecule has 0 aliphatic carbocycles. The summed E-state index contributed by atoms with van der Waals surface area (Å²) < 4.78 is 7.53. The number of carbonyl (C=O) groups excluding carboxylic acids is 2. The van der Waals surface area contributed by atoms with Crippen LogP contribution < -0.4 is 10.2 Å². The minimum absolute atomic E-state index is 0.0283. The van der Waals surface area contributed by atoms with Crippen molar-refractivity contribution < 1.29 is 14.3 Å². The second-order valence-electron chi connectivity index (χ2n) is 9.37. The number of hydrogen-bond acceptors (Lipinski definition) is 7. The predicted octanol–water partition coefficient (Wildman–Crippen LogP) is 3.45. The van der Waals surface area contributed by atoms with Crippen molar-refractivity contribution in [2.45, 2.75) is 26.8 Å². The van der Waals surface area contributed by atoms with Crippen molar-refractivity contribution in [2.24, 2.45) is 5.41 Å². The van der Waals surface area contributed by atoms with Crippen molar-refractivity contribution in [3.63, 3.8) is 0 Å². The van der Waals surface area contributed by atoms with Crippen LogP contribution in [0.3, 0.4) is 0 Å². The van der Waals surface area contributed by atoms with E-state index in [-0.39, 0.29) is 18.0 Å². The van der Waals surface area contributed by atoms with Gasteiger partial charge < -0.3 is 24.8 Å². The number of rotatable bonds is 3. The lowest BCUT2D eigenvalue weighted by Crippen LogP contribution is -2.54. The van der Waals surface area contributed by atoms with Gasteiger partial charge in [-0.2, -0.15) is 9.78 Å². The second kappa shape index (κ2) is 9.61. The van der Waals surface area contributed by atoms with Gasteiger partial charge in [-0.3, -0.25) is 4.79 Å². The van der Waals surface area contributed by atoms with Crippen LogP contribution in [0.5, 0.6) is 0 Å². The van der Waals surface area contributed by atoms with Gasteiger partial charge in [0.25, 0.3) is 5.91 Å². The van der Waals surface area contributed by atoms with Gasteiger partial charge in [0.1, 0.15) is 5.82 Å². The van der Waals surface area contributed by atoms with Crippen LogP contribution in [-0.2, 0) is 4.74 Å². The van der Waals surface area contributed by atoms with E-state index < -0.39 is 5.41 Å². The molecule has 11 heteroatoms. The van der Waals surface area contributed by atoms with Crippen LogP contribution in [0.1, 0.15) is 37.3 Å². The Morgan fingerprint density at radius 1 is 1.21 bits per heavy atom. The van der Waals surface area contributed by atoms with Crippen molar-refractivity contribution in [2.75, 3.05) is 57.9 Å². The van der Waals surface area contributed by atoms with Crippen molar-refractivity contribution in [1.82, 2.24) is 24.9 Å². The van der Waals surface area contributed by atoms with Gasteiger partial charge in [0, 0.05) is 51.3 Å². The molecule has 2 saturated heterocycles. The van der Waals surface area contributed by atoms with Crippen LogP contribution in [0, 0.1) is 5.41 Å². The molecule has 2 aliphatic heterocycles. The van der Waals surface area contributed by atoms with Crippen LogP contribution >= 0.6 is 22.9 Å². The number of nitrogens with one attached hydrogen (secondary N) is 1. The van der Waals surface area contributed by atoms with Crippen molar-refractivity contribution in [3.8, 4) is 0 Å². The summed E-state index contributed by atoms with van der Waals surface area (Å²) in [5.41, 5.74) is 0.126. The van der Waals surface area contributed by atoms with Gasteiger partial charge in [0.15, 0.2) is 0 Å². The van der Waals surface area contributed by atoms with Crippen LogP contribution in [0.2, 0.25) is 4.34 Å². The molecule has 0 aromatic carbocycles. The monoisotopic (exact) mass is 494 g/mol. The van der Waals surface area contributed by atoms with E-state index in [1.54, 1.807) is 0 Å². The van der Waals surface area contributed by atoms with Crippen molar-refractivity contribution in [3.05, 3.63) is 28.2 Å². The van der Waals surface area contributed by atoms with Crippen molar-refractivity contribution >= 4 is 45.7 Å². The molecule has 2 fully saturated rings. The minimum atomic E-state index is -0.607. The summed E-state index contributed by atoms with van der Waals surface area (Å²) in [6, 6.07) is 5.55. The van der Waals surface area contributed by atoms with E-state index in [0.717, 1.165) is 10.7 Å². The molecule has 9 nitrogen and oxygen atoms in total. The maximum atomic E-state index is 13.3. The van der Waals surface area contributed by atoms with E-state index in [4.69, 9.17) is 21.4 Å². The molecule has 180 valence electrons. The Hall–Kier alpha value is -2.14. The predicted molar refractivity (Wildman–Crippen MR) is 130 cm³/mol. The maximum absolute atomic E-state index is 13.3. The quantitative estimate of drug-likeness (QED) is 0.703. The summed E-state index contributed by atoms with van der Waals surface area (Å²) >= 11 is 7.59. The molecule has 1 unspecified atom stereocenters. The molecular formula is C22H31ClN6O3S. The Labute approximate surface area is 203 Å². The average molecular weight is 495 g/mol. The smallest absolute Gasteiger partial charge is 0.320 e. The van der Waals surface area contributed by atoms with Crippen LogP contribution in [0.15, 0.2) is 18.2 Å². The van der Waals surface area contributed by atoms with E-state index in [0.29, 0.717) is 56.1 Å². The Morgan fingerprint density at radius 3 is 2.58 bits per heavy atom. The van der Waals surface area contributed by atoms with Crippen LogP contribution in [0.25, 0.3) is 0 Å². The summed E-state index contributed by atoms with van der Waals surface area (Å²) in [5.74, 6) is 0.567. The summed E-state index contributed by atoms with van der Waals surface area (Å²) in [6.45, 7) is 9.79. The number of nitrogens with zero attached hydrogens (tertiary/aromatic N) is 5. The van der Waals surface area contributed by atoms with Gasteiger partial charge in [-0.05, 0) is 12.1 Å². The number of anilines is 2. The lowest BCUT2D eigenvalue weighted by molar-refractivity contribution is 0.0406. The van der Waals surface area contributed by atoms with E-state index in [2.05, 4.69) is 5.32 Å². The van der Waals surface area contributed by atoms with Crippen LogP contribution in [0.4, 0.5) is 15.6 Å². The topological polar surface area (TPSA) is 82.9 Å².